The summed E-state index contributed by atoms with van der Waals surface area (Å²) in [5, 5.41) is 8.26. The van der Waals surface area contributed by atoms with E-state index in [1.54, 1.807) is 6.92 Å². The first-order valence-corrected chi connectivity index (χ1v) is 13.8. The van der Waals surface area contributed by atoms with E-state index in [-0.39, 0.29) is 29.5 Å². The zero-order chi connectivity index (χ0) is 29.5. The van der Waals surface area contributed by atoms with Gasteiger partial charge in [-0.15, -0.1) is 0 Å². The van der Waals surface area contributed by atoms with Crippen LogP contribution in [0.1, 0.15) is 55.5 Å². The Balaban J connectivity index is 1.36. The summed E-state index contributed by atoms with van der Waals surface area (Å²) in [4.78, 5) is 64.3. The van der Waals surface area contributed by atoms with Gasteiger partial charge >= 0.3 is 5.97 Å². The van der Waals surface area contributed by atoms with Gasteiger partial charge < -0.3 is 30.3 Å². The fraction of sp³-hybridized carbons (Fsp3) is 0.414. The number of hydrogen-bond donors (Lipinski definition) is 3. The Bertz CT molecular complexity index is 1310. The van der Waals surface area contributed by atoms with Crippen LogP contribution in [0.15, 0.2) is 48.5 Å². The van der Waals surface area contributed by atoms with Crippen molar-refractivity contribution in [3.8, 4) is 0 Å². The molecule has 2 aliphatic rings. The fourth-order valence-electron chi connectivity index (χ4n) is 4.84. The minimum absolute atomic E-state index is 0.0401. The van der Waals surface area contributed by atoms with Gasteiger partial charge in [-0.1, -0.05) is 41.9 Å². The zero-order valence-electron chi connectivity index (χ0n) is 22.9. The van der Waals surface area contributed by atoms with Crippen LogP contribution in [0, 0.1) is 0 Å². The van der Waals surface area contributed by atoms with Gasteiger partial charge in [0.05, 0.1) is 23.7 Å². The number of cyclic esters (lactones) is 1. The number of esters is 1. The Morgan fingerprint density at radius 3 is 2.59 bits per heavy atom. The summed E-state index contributed by atoms with van der Waals surface area (Å²) in [6.07, 6.45) is 0.915. The Morgan fingerprint density at radius 1 is 1.12 bits per heavy atom. The molecule has 41 heavy (non-hydrogen) atoms. The van der Waals surface area contributed by atoms with Crippen LogP contribution >= 0.6 is 11.6 Å². The molecular formula is C29H33ClN4O7. The maximum absolute atomic E-state index is 13.4. The fourth-order valence-corrected chi connectivity index (χ4v) is 5.07. The SMILES string of the molecule is CC(=O)Nc1ccc(C(=O)NC(C)C(=O)N2CCCCC2C(=O)NC2CC(=O)OC2OCc2ccccc2)cc1Cl. The summed E-state index contributed by atoms with van der Waals surface area (Å²) < 4.78 is 11.1. The van der Waals surface area contributed by atoms with E-state index in [9.17, 15) is 24.0 Å². The van der Waals surface area contributed by atoms with Gasteiger partial charge in [-0.25, -0.2) is 0 Å². The van der Waals surface area contributed by atoms with Gasteiger partial charge in [0, 0.05) is 19.0 Å². The van der Waals surface area contributed by atoms with Crippen molar-refractivity contribution >= 4 is 46.9 Å². The highest BCUT2D eigenvalue weighted by Gasteiger charge is 2.40. The molecule has 0 aromatic heterocycles. The largest absolute Gasteiger partial charge is 0.433 e. The number of carbonyl (C=O) groups excluding carboxylic acids is 5. The lowest BCUT2D eigenvalue weighted by Gasteiger charge is -2.37. The third-order valence-electron chi connectivity index (χ3n) is 6.90. The highest BCUT2D eigenvalue weighted by atomic mass is 35.5. The van der Waals surface area contributed by atoms with Crippen molar-refractivity contribution in [1.82, 2.24) is 15.5 Å². The number of likely N-dealkylation sites (tertiary alicyclic amines) is 1. The molecule has 0 saturated carbocycles. The van der Waals surface area contributed by atoms with Gasteiger partial charge in [0.1, 0.15) is 18.1 Å². The molecule has 2 aliphatic heterocycles. The molecule has 4 unspecified atom stereocenters. The monoisotopic (exact) mass is 584 g/mol. The van der Waals surface area contributed by atoms with E-state index in [1.165, 1.54) is 30.0 Å². The van der Waals surface area contributed by atoms with Crippen LogP contribution in [-0.4, -0.2) is 65.5 Å². The average molecular weight is 585 g/mol. The van der Waals surface area contributed by atoms with E-state index in [1.807, 2.05) is 30.3 Å². The lowest BCUT2D eigenvalue weighted by atomic mass is 9.99. The van der Waals surface area contributed by atoms with Crippen molar-refractivity contribution in [3.63, 3.8) is 0 Å². The van der Waals surface area contributed by atoms with Crippen LogP contribution < -0.4 is 16.0 Å². The maximum Gasteiger partial charge on any atom is 0.310 e. The minimum atomic E-state index is -0.943. The number of amides is 4. The van der Waals surface area contributed by atoms with Crippen LogP contribution in [0.2, 0.25) is 5.02 Å². The third-order valence-corrected chi connectivity index (χ3v) is 7.21. The topological polar surface area (TPSA) is 143 Å². The van der Waals surface area contributed by atoms with E-state index in [0.29, 0.717) is 25.1 Å². The first kappa shape index (κ1) is 30.0. The maximum atomic E-state index is 13.4. The molecule has 2 aromatic rings. The average Bonchev–Trinajstić information content (AvgIpc) is 3.31. The Hall–Kier alpha value is -3.96. The molecule has 0 radical (unpaired) electrons. The molecule has 0 aliphatic carbocycles. The van der Waals surface area contributed by atoms with Gasteiger partial charge in [-0.05, 0) is 49.9 Å². The predicted molar refractivity (Wildman–Crippen MR) is 150 cm³/mol. The van der Waals surface area contributed by atoms with E-state index in [0.717, 1.165) is 12.0 Å². The van der Waals surface area contributed by atoms with E-state index >= 15 is 0 Å². The van der Waals surface area contributed by atoms with Crippen molar-refractivity contribution in [3.05, 3.63) is 64.7 Å². The van der Waals surface area contributed by atoms with Crippen molar-refractivity contribution in [1.29, 1.82) is 0 Å². The van der Waals surface area contributed by atoms with E-state index < -0.39 is 48.1 Å². The Morgan fingerprint density at radius 2 is 1.88 bits per heavy atom. The Kier molecular flexibility index (Phi) is 9.95. The number of hydrogen-bond acceptors (Lipinski definition) is 7. The van der Waals surface area contributed by atoms with Crippen molar-refractivity contribution in [2.75, 3.05) is 11.9 Å². The second-order valence-corrected chi connectivity index (χ2v) is 10.5. The molecule has 2 aromatic carbocycles. The number of anilines is 1. The van der Waals surface area contributed by atoms with Crippen LogP contribution in [0.25, 0.3) is 0 Å². The minimum Gasteiger partial charge on any atom is -0.433 e. The molecule has 0 spiro atoms. The lowest BCUT2D eigenvalue weighted by Crippen LogP contribution is -2.58. The summed E-state index contributed by atoms with van der Waals surface area (Å²) in [6, 6.07) is 11.4. The molecule has 4 amide bonds. The second kappa shape index (κ2) is 13.6. The quantitative estimate of drug-likeness (QED) is 0.385. The molecule has 2 fully saturated rings. The summed E-state index contributed by atoms with van der Waals surface area (Å²) in [7, 11) is 0. The molecule has 218 valence electrons. The standard InChI is InChI=1S/C29H33ClN4O7/c1-17(31-26(37)20-11-12-22(21(30)14-20)32-18(2)35)28(39)34-13-7-6-10-24(34)27(38)33-23-15-25(36)41-29(23)40-16-19-8-4-3-5-9-19/h3-5,8-9,11-12,14,17,23-24,29H,6-7,10,13,15-16H2,1-2H3,(H,31,37)(H,32,35)(H,33,38). The van der Waals surface area contributed by atoms with E-state index in [2.05, 4.69) is 16.0 Å². The van der Waals surface area contributed by atoms with Gasteiger partial charge in [0.15, 0.2) is 0 Å². The Labute approximate surface area is 242 Å². The number of carbonyl (C=O) groups is 5. The van der Waals surface area contributed by atoms with Gasteiger partial charge in [-0.3, -0.25) is 24.0 Å². The molecule has 0 bridgehead atoms. The molecule has 11 nitrogen and oxygen atoms in total. The molecule has 3 N–H and O–H groups in total. The molecule has 2 saturated heterocycles. The summed E-state index contributed by atoms with van der Waals surface area (Å²) in [6.45, 7) is 3.45. The molecular weight excluding hydrogens is 552 g/mol. The normalized spacial score (nSPS) is 21.0. The summed E-state index contributed by atoms with van der Waals surface area (Å²) in [5.41, 5.74) is 1.47. The van der Waals surface area contributed by atoms with Crippen LogP contribution in [0.5, 0.6) is 0 Å². The number of ether oxygens (including phenoxy) is 2. The highest BCUT2D eigenvalue weighted by Crippen LogP contribution is 2.24. The van der Waals surface area contributed by atoms with Crippen LogP contribution in [-0.2, 0) is 35.3 Å². The van der Waals surface area contributed by atoms with Gasteiger partial charge in [0.25, 0.3) is 5.91 Å². The molecule has 12 heteroatoms. The summed E-state index contributed by atoms with van der Waals surface area (Å²) in [5.74, 6) is -2.12. The number of rotatable bonds is 9. The zero-order valence-corrected chi connectivity index (χ0v) is 23.6. The number of nitrogens with zero attached hydrogens (tertiary/aromatic N) is 1. The number of benzene rings is 2. The van der Waals surface area contributed by atoms with E-state index in [4.69, 9.17) is 21.1 Å². The third kappa shape index (κ3) is 7.83. The first-order chi connectivity index (χ1) is 19.6. The summed E-state index contributed by atoms with van der Waals surface area (Å²) >= 11 is 6.18. The van der Waals surface area contributed by atoms with Crippen molar-refractivity contribution in [2.45, 2.75) is 70.6 Å². The number of piperidine rings is 1. The first-order valence-electron chi connectivity index (χ1n) is 13.5. The van der Waals surface area contributed by atoms with Gasteiger partial charge in [0.2, 0.25) is 24.0 Å². The predicted octanol–water partition coefficient (Wildman–Crippen LogP) is 2.77. The van der Waals surface area contributed by atoms with Crippen molar-refractivity contribution < 1.29 is 33.4 Å². The van der Waals surface area contributed by atoms with Gasteiger partial charge in [-0.2, -0.15) is 0 Å². The lowest BCUT2D eigenvalue weighted by molar-refractivity contribution is -0.168. The molecule has 4 atom stereocenters. The molecule has 2 heterocycles. The van der Waals surface area contributed by atoms with Crippen molar-refractivity contribution in [2.24, 2.45) is 0 Å². The number of halogens is 1. The van der Waals surface area contributed by atoms with Crippen LogP contribution in [0.4, 0.5) is 5.69 Å². The van der Waals surface area contributed by atoms with Crippen LogP contribution in [0.3, 0.4) is 0 Å². The highest BCUT2D eigenvalue weighted by molar-refractivity contribution is 6.34. The smallest absolute Gasteiger partial charge is 0.310 e. The second-order valence-electron chi connectivity index (χ2n) is 10.1. The number of nitrogens with one attached hydrogen (secondary N) is 3. The molecule has 4 rings (SSSR count).